The molecule has 21 heavy (non-hydrogen) atoms. The highest BCUT2D eigenvalue weighted by Gasteiger charge is 2.24. The van der Waals surface area contributed by atoms with Crippen molar-refractivity contribution >= 4 is 5.71 Å². The van der Waals surface area contributed by atoms with Crippen molar-refractivity contribution in [3.05, 3.63) is 0 Å². The van der Waals surface area contributed by atoms with Gasteiger partial charge in [0, 0.05) is 33.1 Å². The minimum Gasteiger partial charge on any atom is -0.382 e. The van der Waals surface area contributed by atoms with Gasteiger partial charge in [-0.3, -0.25) is 5.01 Å². The van der Waals surface area contributed by atoms with E-state index in [9.17, 15) is 0 Å². The van der Waals surface area contributed by atoms with Crippen molar-refractivity contribution in [1.29, 1.82) is 0 Å². The molecular weight excluding hydrogens is 268 g/mol. The third kappa shape index (κ3) is 6.76. The number of methoxy groups -OCH3 is 2. The fourth-order valence-electron chi connectivity index (χ4n) is 2.67. The van der Waals surface area contributed by atoms with E-state index in [0.29, 0.717) is 25.2 Å². The monoisotopic (exact) mass is 300 g/mol. The highest BCUT2D eigenvalue weighted by molar-refractivity contribution is 5.86. The first-order chi connectivity index (χ1) is 10.2. The number of nitrogens with zero attached hydrogens (tertiary/aromatic N) is 2. The highest BCUT2D eigenvalue weighted by atomic mass is 16.5. The van der Waals surface area contributed by atoms with Crippen molar-refractivity contribution in [2.24, 2.45) is 11.0 Å². The van der Waals surface area contributed by atoms with E-state index in [-0.39, 0.29) is 0 Å². The Hall–Kier alpha value is -0.650. The van der Waals surface area contributed by atoms with Gasteiger partial charge < -0.3 is 14.2 Å². The molecule has 0 aromatic rings. The molecule has 1 saturated heterocycles. The van der Waals surface area contributed by atoms with E-state index in [1.807, 2.05) is 0 Å². The molecule has 5 heteroatoms. The third-order valence-electron chi connectivity index (χ3n) is 4.02. The molecule has 0 aromatic carbocycles. The van der Waals surface area contributed by atoms with E-state index >= 15 is 0 Å². The van der Waals surface area contributed by atoms with E-state index in [0.717, 1.165) is 32.6 Å². The Balaban J connectivity index is 2.42. The maximum atomic E-state index is 5.56. The summed E-state index contributed by atoms with van der Waals surface area (Å²) in [5.41, 5.74) is 1.27. The lowest BCUT2D eigenvalue weighted by molar-refractivity contribution is 0.0669. The van der Waals surface area contributed by atoms with Crippen LogP contribution in [0.3, 0.4) is 0 Å². The van der Waals surface area contributed by atoms with E-state index < -0.39 is 0 Å². The number of hydrogen-bond donors (Lipinski definition) is 0. The Morgan fingerprint density at radius 3 is 2.71 bits per heavy atom. The van der Waals surface area contributed by atoms with Gasteiger partial charge in [-0.1, -0.05) is 13.8 Å². The molecule has 5 nitrogen and oxygen atoms in total. The van der Waals surface area contributed by atoms with Crippen molar-refractivity contribution in [3.63, 3.8) is 0 Å². The lowest BCUT2D eigenvalue weighted by Crippen LogP contribution is -2.30. The van der Waals surface area contributed by atoms with Crippen LogP contribution in [0.1, 0.15) is 39.5 Å². The number of hydrogen-bond acceptors (Lipinski definition) is 5. The Morgan fingerprint density at radius 2 is 2.05 bits per heavy atom. The van der Waals surface area contributed by atoms with Gasteiger partial charge in [0.25, 0.3) is 0 Å². The molecule has 1 fully saturated rings. The zero-order valence-corrected chi connectivity index (χ0v) is 14.1. The average molecular weight is 300 g/mol. The summed E-state index contributed by atoms with van der Waals surface area (Å²) in [4.78, 5) is 0. The SMILES string of the molecule is CC/C(=N\N1CCC[C@H]1COC)[C@H](C)CCOCCOC. The van der Waals surface area contributed by atoms with Gasteiger partial charge in [-0.15, -0.1) is 0 Å². The van der Waals surface area contributed by atoms with Crippen molar-refractivity contribution in [1.82, 2.24) is 5.01 Å². The normalized spacial score (nSPS) is 21.0. The highest BCUT2D eigenvalue weighted by Crippen LogP contribution is 2.20. The van der Waals surface area contributed by atoms with E-state index in [2.05, 4.69) is 18.9 Å². The molecule has 1 heterocycles. The Kier molecular flexibility index (Phi) is 9.63. The van der Waals surface area contributed by atoms with Crippen LogP contribution in [-0.2, 0) is 14.2 Å². The summed E-state index contributed by atoms with van der Waals surface area (Å²) in [5, 5.41) is 7.13. The van der Waals surface area contributed by atoms with Gasteiger partial charge in [0.1, 0.15) is 0 Å². The molecule has 1 aliphatic heterocycles. The molecule has 0 aromatic heterocycles. The molecule has 124 valence electrons. The maximum Gasteiger partial charge on any atom is 0.0704 e. The number of rotatable bonds is 11. The second kappa shape index (κ2) is 11.0. The zero-order chi connectivity index (χ0) is 15.5. The predicted molar refractivity (Wildman–Crippen MR) is 85.8 cm³/mol. The van der Waals surface area contributed by atoms with Crippen LogP contribution in [0.5, 0.6) is 0 Å². The summed E-state index contributed by atoms with van der Waals surface area (Å²) in [6, 6.07) is 0.446. The van der Waals surface area contributed by atoms with Crippen LogP contribution >= 0.6 is 0 Å². The Bertz CT molecular complexity index is 297. The molecule has 1 aliphatic rings. The fourth-order valence-corrected chi connectivity index (χ4v) is 2.67. The molecular formula is C16H32N2O3. The molecule has 2 atom stereocenters. The second-order valence-corrected chi connectivity index (χ2v) is 5.65. The first kappa shape index (κ1) is 18.4. The van der Waals surface area contributed by atoms with E-state index in [1.165, 1.54) is 18.6 Å². The maximum absolute atomic E-state index is 5.56. The first-order valence-corrected chi connectivity index (χ1v) is 8.12. The lowest BCUT2D eigenvalue weighted by atomic mass is 10.0. The molecule has 1 rings (SSSR count). The van der Waals surface area contributed by atoms with Crippen LogP contribution in [0.25, 0.3) is 0 Å². The van der Waals surface area contributed by atoms with Crippen molar-refractivity contribution in [3.8, 4) is 0 Å². The Morgan fingerprint density at radius 1 is 1.24 bits per heavy atom. The largest absolute Gasteiger partial charge is 0.382 e. The van der Waals surface area contributed by atoms with Crippen LogP contribution in [0, 0.1) is 5.92 Å². The van der Waals surface area contributed by atoms with Gasteiger partial charge in [0.2, 0.25) is 0 Å². The molecule has 0 bridgehead atoms. The van der Waals surface area contributed by atoms with Gasteiger partial charge in [0.15, 0.2) is 0 Å². The minimum atomic E-state index is 0.446. The van der Waals surface area contributed by atoms with Gasteiger partial charge in [-0.2, -0.15) is 5.10 Å². The summed E-state index contributed by atoms with van der Waals surface area (Å²) in [5.74, 6) is 0.460. The Labute approximate surface area is 129 Å². The summed E-state index contributed by atoms with van der Waals surface area (Å²) >= 11 is 0. The molecule has 0 aliphatic carbocycles. The van der Waals surface area contributed by atoms with Gasteiger partial charge >= 0.3 is 0 Å². The molecule has 0 radical (unpaired) electrons. The minimum absolute atomic E-state index is 0.446. The smallest absolute Gasteiger partial charge is 0.0704 e. The lowest BCUT2D eigenvalue weighted by Gasteiger charge is -2.24. The zero-order valence-electron chi connectivity index (χ0n) is 14.1. The predicted octanol–water partition coefficient (Wildman–Crippen LogP) is 2.55. The van der Waals surface area contributed by atoms with E-state index in [4.69, 9.17) is 19.3 Å². The number of ether oxygens (including phenoxy) is 3. The molecule has 0 saturated carbocycles. The number of hydrazone groups is 1. The summed E-state index contributed by atoms with van der Waals surface area (Å²) in [6.07, 6.45) is 4.40. The van der Waals surface area contributed by atoms with Crippen LogP contribution < -0.4 is 0 Å². The molecule has 0 amide bonds. The summed E-state index contributed by atoms with van der Waals surface area (Å²) in [6.45, 7) is 8.35. The van der Waals surface area contributed by atoms with Crippen LogP contribution in [0.4, 0.5) is 0 Å². The average Bonchev–Trinajstić information content (AvgIpc) is 2.92. The van der Waals surface area contributed by atoms with Gasteiger partial charge in [-0.05, 0) is 31.6 Å². The standard InChI is InChI=1S/C16H32N2O3/c1-5-16(14(2)8-10-21-12-11-19-3)17-18-9-6-7-15(18)13-20-4/h14-15H,5-13H2,1-4H3/b17-16+/t14-,15+/m1/s1. The topological polar surface area (TPSA) is 43.3 Å². The van der Waals surface area contributed by atoms with Crippen LogP contribution in [0.15, 0.2) is 5.10 Å². The van der Waals surface area contributed by atoms with Crippen LogP contribution in [-0.4, -0.2) is 64.0 Å². The molecule has 0 N–H and O–H groups in total. The quantitative estimate of drug-likeness (QED) is 0.434. The first-order valence-electron chi connectivity index (χ1n) is 8.12. The summed E-state index contributed by atoms with van der Waals surface area (Å²) < 4.78 is 15.8. The third-order valence-corrected chi connectivity index (χ3v) is 4.02. The second-order valence-electron chi connectivity index (χ2n) is 5.65. The van der Waals surface area contributed by atoms with E-state index in [1.54, 1.807) is 14.2 Å². The fraction of sp³-hybridized carbons (Fsp3) is 0.938. The van der Waals surface area contributed by atoms with Crippen molar-refractivity contribution in [2.75, 3.05) is 47.2 Å². The molecule has 0 spiro atoms. The van der Waals surface area contributed by atoms with Gasteiger partial charge in [-0.25, -0.2) is 0 Å². The molecule has 0 unspecified atom stereocenters. The van der Waals surface area contributed by atoms with Gasteiger partial charge in [0.05, 0.1) is 25.9 Å². The van der Waals surface area contributed by atoms with Crippen LogP contribution in [0.2, 0.25) is 0 Å². The van der Waals surface area contributed by atoms with Crippen molar-refractivity contribution < 1.29 is 14.2 Å². The van der Waals surface area contributed by atoms with Crippen molar-refractivity contribution in [2.45, 2.75) is 45.6 Å². The summed E-state index contributed by atoms with van der Waals surface area (Å²) in [7, 11) is 3.46.